The molecule has 0 aliphatic heterocycles. The van der Waals surface area contributed by atoms with Gasteiger partial charge in [-0.05, 0) is 49.7 Å². The topological polar surface area (TPSA) is 76.5 Å². The van der Waals surface area contributed by atoms with Crippen LogP contribution in [0.25, 0.3) is 5.69 Å². The van der Waals surface area contributed by atoms with E-state index in [9.17, 15) is 14.0 Å². The molecule has 0 fully saturated rings. The van der Waals surface area contributed by atoms with Gasteiger partial charge < -0.3 is 15.0 Å². The Morgan fingerprint density at radius 3 is 2.34 bits per heavy atom. The van der Waals surface area contributed by atoms with E-state index in [1.807, 2.05) is 37.3 Å². The maximum absolute atomic E-state index is 13.3. The first-order valence-electron chi connectivity index (χ1n) is 11.6. The highest BCUT2D eigenvalue weighted by atomic mass is 19.1. The van der Waals surface area contributed by atoms with Crippen molar-refractivity contribution < 1.29 is 18.7 Å². The minimum atomic E-state index is -0.427. The normalized spacial score (nSPS) is 11.4. The van der Waals surface area contributed by atoms with Crippen LogP contribution >= 0.6 is 0 Å². The highest BCUT2D eigenvalue weighted by Crippen LogP contribution is 2.26. The predicted molar refractivity (Wildman–Crippen MR) is 134 cm³/mol. The Labute approximate surface area is 205 Å². The maximum atomic E-state index is 13.3. The smallest absolute Gasteiger partial charge is 0.254 e. The molecule has 3 aromatic rings. The van der Waals surface area contributed by atoms with Gasteiger partial charge in [0, 0.05) is 37.3 Å². The van der Waals surface area contributed by atoms with Crippen molar-refractivity contribution >= 4 is 17.6 Å². The van der Waals surface area contributed by atoms with E-state index in [1.54, 1.807) is 11.8 Å². The second kappa shape index (κ2) is 11.3. The number of benzene rings is 2. The molecule has 1 aromatic heterocycles. The van der Waals surface area contributed by atoms with Crippen LogP contribution < -0.4 is 5.32 Å². The maximum Gasteiger partial charge on any atom is 0.254 e. The summed E-state index contributed by atoms with van der Waals surface area (Å²) in [6, 6.07) is 15.0. The first-order chi connectivity index (χ1) is 16.6. The standard InChI is InChI=1S/C27H33FN4O3/c1-19-7-13-22(14-8-19)32-24(17-23(30-32)27(2,3)4)29-25(33)18-31(15-6-16-35-5)26(34)20-9-11-21(28)12-10-20/h7-14,17H,6,15-16,18H2,1-5H3,(H,29,33). The first-order valence-corrected chi connectivity index (χ1v) is 11.6. The molecule has 1 heterocycles. The van der Waals surface area contributed by atoms with Gasteiger partial charge in [-0.25, -0.2) is 9.07 Å². The highest BCUT2D eigenvalue weighted by Gasteiger charge is 2.23. The number of aromatic nitrogens is 2. The van der Waals surface area contributed by atoms with Crippen molar-refractivity contribution in [2.45, 2.75) is 39.5 Å². The van der Waals surface area contributed by atoms with Crippen LogP contribution in [0.15, 0.2) is 54.6 Å². The van der Waals surface area contributed by atoms with Gasteiger partial charge in [0.15, 0.2) is 0 Å². The van der Waals surface area contributed by atoms with E-state index in [4.69, 9.17) is 9.84 Å². The van der Waals surface area contributed by atoms with Gasteiger partial charge in [-0.15, -0.1) is 0 Å². The SMILES string of the molecule is COCCCN(CC(=O)Nc1cc(C(C)(C)C)nn1-c1ccc(C)cc1)C(=O)c1ccc(F)cc1. The molecular weight excluding hydrogens is 447 g/mol. The number of anilines is 1. The van der Waals surface area contributed by atoms with Crippen LogP contribution in [0.1, 0.15) is 48.8 Å². The molecule has 3 rings (SSSR count). The van der Waals surface area contributed by atoms with Gasteiger partial charge in [-0.2, -0.15) is 5.10 Å². The predicted octanol–water partition coefficient (Wildman–Crippen LogP) is 4.73. The molecule has 2 aromatic carbocycles. The summed E-state index contributed by atoms with van der Waals surface area (Å²) < 4.78 is 20.1. The Morgan fingerprint density at radius 2 is 1.74 bits per heavy atom. The number of hydrogen-bond donors (Lipinski definition) is 1. The van der Waals surface area contributed by atoms with Crippen molar-refractivity contribution in [3.05, 3.63) is 77.2 Å². The molecule has 0 atom stereocenters. The molecule has 8 heteroatoms. The zero-order chi connectivity index (χ0) is 25.6. The monoisotopic (exact) mass is 480 g/mol. The molecular formula is C27H33FN4O3. The van der Waals surface area contributed by atoms with Crippen LogP contribution in [0.5, 0.6) is 0 Å². The second-order valence-corrected chi connectivity index (χ2v) is 9.54. The van der Waals surface area contributed by atoms with E-state index in [2.05, 4.69) is 26.1 Å². The summed E-state index contributed by atoms with van der Waals surface area (Å²) in [6.07, 6.45) is 0.562. The summed E-state index contributed by atoms with van der Waals surface area (Å²) in [7, 11) is 1.58. The third-order valence-electron chi connectivity index (χ3n) is 5.51. The Hall–Kier alpha value is -3.52. The lowest BCUT2D eigenvalue weighted by atomic mass is 9.92. The fourth-order valence-electron chi connectivity index (χ4n) is 3.50. The molecule has 0 unspecified atom stereocenters. The lowest BCUT2D eigenvalue weighted by Gasteiger charge is -2.22. The highest BCUT2D eigenvalue weighted by molar-refractivity contribution is 5.99. The van der Waals surface area contributed by atoms with Gasteiger partial charge in [-0.3, -0.25) is 9.59 Å². The van der Waals surface area contributed by atoms with E-state index >= 15 is 0 Å². The molecule has 0 aliphatic carbocycles. The Morgan fingerprint density at radius 1 is 1.09 bits per heavy atom. The summed E-state index contributed by atoms with van der Waals surface area (Å²) in [5.74, 6) is -0.607. The zero-order valence-electron chi connectivity index (χ0n) is 21.0. The van der Waals surface area contributed by atoms with E-state index in [1.165, 1.54) is 29.2 Å². The van der Waals surface area contributed by atoms with Crippen LogP contribution in [-0.4, -0.2) is 53.3 Å². The fraction of sp³-hybridized carbons (Fsp3) is 0.370. The first kappa shape index (κ1) is 26.1. The number of nitrogens with zero attached hydrogens (tertiary/aromatic N) is 3. The largest absolute Gasteiger partial charge is 0.385 e. The van der Waals surface area contributed by atoms with Crippen molar-refractivity contribution in [2.24, 2.45) is 0 Å². The number of amides is 2. The van der Waals surface area contributed by atoms with E-state index < -0.39 is 5.82 Å². The minimum absolute atomic E-state index is 0.163. The molecule has 7 nitrogen and oxygen atoms in total. The molecule has 1 N–H and O–H groups in total. The summed E-state index contributed by atoms with van der Waals surface area (Å²) in [5.41, 5.74) is 2.86. The molecule has 0 bridgehead atoms. The third-order valence-corrected chi connectivity index (χ3v) is 5.51. The summed E-state index contributed by atoms with van der Waals surface area (Å²) in [5, 5.41) is 7.66. The van der Waals surface area contributed by atoms with Gasteiger partial charge in [0.05, 0.1) is 11.4 Å². The molecule has 186 valence electrons. The van der Waals surface area contributed by atoms with Gasteiger partial charge in [-0.1, -0.05) is 38.5 Å². The molecule has 2 amide bonds. The second-order valence-electron chi connectivity index (χ2n) is 9.54. The summed E-state index contributed by atoms with van der Waals surface area (Å²) >= 11 is 0. The fourth-order valence-corrected chi connectivity index (χ4v) is 3.50. The number of aryl methyl sites for hydroxylation is 1. The van der Waals surface area contributed by atoms with Crippen LogP contribution in [0, 0.1) is 12.7 Å². The van der Waals surface area contributed by atoms with Crippen LogP contribution in [0.2, 0.25) is 0 Å². The summed E-state index contributed by atoms with van der Waals surface area (Å²) in [6.45, 7) is 8.78. The number of ether oxygens (including phenoxy) is 1. The molecule has 35 heavy (non-hydrogen) atoms. The Bertz CT molecular complexity index is 1150. The van der Waals surface area contributed by atoms with Gasteiger partial charge in [0.1, 0.15) is 18.2 Å². The van der Waals surface area contributed by atoms with Crippen LogP contribution in [-0.2, 0) is 14.9 Å². The molecule has 0 radical (unpaired) electrons. The quantitative estimate of drug-likeness (QED) is 0.449. The number of hydrogen-bond acceptors (Lipinski definition) is 4. The van der Waals surface area contributed by atoms with Crippen molar-refractivity contribution in [2.75, 3.05) is 32.1 Å². The average Bonchev–Trinajstić information content (AvgIpc) is 3.23. The lowest BCUT2D eigenvalue weighted by molar-refractivity contribution is -0.117. The number of carbonyl (C=O) groups excluding carboxylic acids is 2. The molecule has 0 spiro atoms. The zero-order valence-corrected chi connectivity index (χ0v) is 21.0. The van der Waals surface area contributed by atoms with E-state index in [0.29, 0.717) is 31.0 Å². The number of rotatable bonds is 9. The van der Waals surface area contributed by atoms with E-state index in [0.717, 1.165) is 16.9 Å². The number of carbonyl (C=O) groups is 2. The number of nitrogens with one attached hydrogen (secondary N) is 1. The Kier molecular flexibility index (Phi) is 8.40. The van der Waals surface area contributed by atoms with Crippen LogP contribution in [0.3, 0.4) is 0 Å². The van der Waals surface area contributed by atoms with Gasteiger partial charge in [0.2, 0.25) is 5.91 Å². The number of halogens is 1. The lowest BCUT2D eigenvalue weighted by Crippen LogP contribution is -2.39. The van der Waals surface area contributed by atoms with Crippen molar-refractivity contribution in [1.82, 2.24) is 14.7 Å². The van der Waals surface area contributed by atoms with Gasteiger partial charge >= 0.3 is 0 Å². The average molecular weight is 481 g/mol. The Balaban J connectivity index is 1.84. The molecule has 0 saturated heterocycles. The van der Waals surface area contributed by atoms with Crippen LogP contribution in [0.4, 0.5) is 10.2 Å². The number of methoxy groups -OCH3 is 1. The van der Waals surface area contributed by atoms with Crippen molar-refractivity contribution in [3.8, 4) is 5.69 Å². The third kappa shape index (κ3) is 6.99. The summed E-state index contributed by atoms with van der Waals surface area (Å²) in [4.78, 5) is 27.6. The minimum Gasteiger partial charge on any atom is -0.385 e. The van der Waals surface area contributed by atoms with Crippen molar-refractivity contribution in [3.63, 3.8) is 0 Å². The van der Waals surface area contributed by atoms with Gasteiger partial charge in [0.25, 0.3) is 5.91 Å². The molecule has 0 saturated carbocycles. The molecule has 0 aliphatic rings. The van der Waals surface area contributed by atoms with E-state index in [-0.39, 0.29) is 23.8 Å². The van der Waals surface area contributed by atoms with Crippen molar-refractivity contribution in [1.29, 1.82) is 0 Å².